The molecule has 0 saturated carbocycles. The number of ether oxygens (including phenoxy) is 1. The molecule has 1 aromatic rings. The summed E-state index contributed by atoms with van der Waals surface area (Å²) in [6, 6.07) is 10.0. The summed E-state index contributed by atoms with van der Waals surface area (Å²) in [6.45, 7) is 5.52. The molecule has 2 N–H and O–H groups in total. The monoisotopic (exact) mass is 346 g/mol. The predicted molar refractivity (Wildman–Crippen MR) is 100 cm³/mol. The van der Waals surface area contributed by atoms with Crippen molar-refractivity contribution in [2.45, 2.75) is 38.8 Å². The average molecular weight is 346 g/mol. The molecule has 6 heteroatoms. The molecule has 2 rings (SSSR count). The lowest BCUT2D eigenvalue weighted by atomic mass is 10.2. The number of benzene rings is 1. The van der Waals surface area contributed by atoms with Gasteiger partial charge in [0.25, 0.3) is 0 Å². The molecule has 1 aliphatic rings. The lowest BCUT2D eigenvalue weighted by molar-refractivity contribution is -0.130. The van der Waals surface area contributed by atoms with Gasteiger partial charge in [0.2, 0.25) is 5.91 Å². The average Bonchev–Trinajstić information content (AvgIpc) is 3.14. The Labute approximate surface area is 150 Å². The van der Waals surface area contributed by atoms with Crippen molar-refractivity contribution in [2.75, 3.05) is 33.3 Å². The van der Waals surface area contributed by atoms with Crippen molar-refractivity contribution in [3.63, 3.8) is 0 Å². The molecule has 1 unspecified atom stereocenters. The van der Waals surface area contributed by atoms with Crippen molar-refractivity contribution < 1.29 is 9.53 Å². The quantitative estimate of drug-likeness (QED) is 0.556. The molecule has 25 heavy (non-hydrogen) atoms. The summed E-state index contributed by atoms with van der Waals surface area (Å²) in [6.07, 6.45) is 2.86. The first-order valence-electron chi connectivity index (χ1n) is 9.10. The number of carbonyl (C=O) groups is 1. The van der Waals surface area contributed by atoms with Crippen molar-refractivity contribution >= 4 is 11.9 Å². The summed E-state index contributed by atoms with van der Waals surface area (Å²) in [5, 5.41) is 6.44. The predicted octanol–water partition coefficient (Wildman–Crippen LogP) is 1.77. The normalized spacial score (nSPS) is 17.4. The van der Waals surface area contributed by atoms with Crippen molar-refractivity contribution in [1.29, 1.82) is 0 Å². The standard InChI is InChI=1S/C19H30N4O2/c1-3-20-19(22-14-17-10-7-13-25-17)21-12-11-18(24)23(2)15-16-8-5-4-6-9-16/h4-6,8-9,17H,3,7,10-15H2,1-2H3,(H2,20,21,22). The fourth-order valence-electron chi connectivity index (χ4n) is 2.75. The Kier molecular flexibility index (Phi) is 8.25. The second kappa shape index (κ2) is 10.7. The van der Waals surface area contributed by atoms with E-state index in [9.17, 15) is 4.79 Å². The number of aliphatic imine (C=N–C) groups is 1. The summed E-state index contributed by atoms with van der Waals surface area (Å²) in [5.74, 6) is 0.864. The Bertz CT molecular complexity index is 542. The van der Waals surface area contributed by atoms with Gasteiger partial charge in [-0.1, -0.05) is 30.3 Å². The van der Waals surface area contributed by atoms with Crippen LogP contribution in [0.4, 0.5) is 0 Å². The van der Waals surface area contributed by atoms with E-state index in [0.717, 1.165) is 37.5 Å². The maximum atomic E-state index is 12.3. The van der Waals surface area contributed by atoms with Crippen molar-refractivity contribution in [3.05, 3.63) is 35.9 Å². The van der Waals surface area contributed by atoms with Crippen LogP contribution >= 0.6 is 0 Å². The molecule has 138 valence electrons. The van der Waals surface area contributed by atoms with Crippen LogP contribution in [0.5, 0.6) is 0 Å². The van der Waals surface area contributed by atoms with Gasteiger partial charge in [0.15, 0.2) is 5.96 Å². The highest BCUT2D eigenvalue weighted by atomic mass is 16.5. The highest BCUT2D eigenvalue weighted by Crippen LogP contribution is 2.11. The van der Waals surface area contributed by atoms with Gasteiger partial charge in [0, 0.05) is 39.7 Å². The summed E-state index contributed by atoms with van der Waals surface area (Å²) in [4.78, 5) is 18.6. The van der Waals surface area contributed by atoms with E-state index in [1.165, 1.54) is 0 Å². The lowest BCUT2D eigenvalue weighted by Crippen LogP contribution is -2.40. The smallest absolute Gasteiger partial charge is 0.224 e. The van der Waals surface area contributed by atoms with Crippen LogP contribution in [0.1, 0.15) is 31.7 Å². The van der Waals surface area contributed by atoms with Gasteiger partial charge in [0.05, 0.1) is 12.6 Å². The van der Waals surface area contributed by atoms with Crippen LogP contribution in [0, 0.1) is 0 Å². The van der Waals surface area contributed by atoms with Crippen LogP contribution in [0.2, 0.25) is 0 Å². The molecule has 1 amide bonds. The molecule has 0 aromatic heterocycles. The Balaban J connectivity index is 1.72. The van der Waals surface area contributed by atoms with E-state index < -0.39 is 0 Å². The molecule has 6 nitrogen and oxygen atoms in total. The van der Waals surface area contributed by atoms with Crippen LogP contribution in [-0.2, 0) is 16.1 Å². The minimum Gasteiger partial charge on any atom is -0.376 e. The molecule has 0 radical (unpaired) electrons. The Hall–Kier alpha value is -2.08. The van der Waals surface area contributed by atoms with Crippen molar-refractivity contribution in [1.82, 2.24) is 15.5 Å². The maximum Gasteiger partial charge on any atom is 0.224 e. The summed E-state index contributed by atoms with van der Waals surface area (Å²) >= 11 is 0. The third-order valence-electron chi connectivity index (χ3n) is 4.14. The number of amides is 1. The number of nitrogens with one attached hydrogen (secondary N) is 2. The zero-order valence-electron chi connectivity index (χ0n) is 15.3. The van der Waals surface area contributed by atoms with Gasteiger partial charge in [0.1, 0.15) is 0 Å². The second-order valence-electron chi connectivity index (χ2n) is 6.27. The van der Waals surface area contributed by atoms with Crippen molar-refractivity contribution in [3.8, 4) is 0 Å². The van der Waals surface area contributed by atoms with E-state index in [1.54, 1.807) is 4.90 Å². The van der Waals surface area contributed by atoms with Gasteiger partial charge >= 0.3 is 0 Å². The summed E-state index contributed by atoms with van der Waals surface area (Å²) in [7, 11) is 1.84. The van der Waals surface area contributed by atoms with E-state index in [0.29, 0.717) is 26.1 Å². The number of hydrogen-bond donors (Lipinski definition) is 2. The van der Waals surface area contributed by atoms with E-state index in [1.807, 2.05) is 44.3 Å². The third-order valence-corrected chi connectivity index (χ3v) is 4.14. The molecule has 1 atom stereocenters. The minimum atomic E-state index is 0.117. The largest absolute Gasteiger partial charge is 0.376 e. The van der Waals surface area contributed by atoms with Crippen LogP contribution in [-0.4, -0.2) is 56.2 Å². The van der Waals surface area contributed by atoms with Gasteiger partial charge in [-0.05, 0) is 25.3 Å². The van der Waals surface area contributed by atoms with Gasteiger partial charge in [-0.15, -0.1) is 0 Å². The van der Waals surface area contributed by atoms with E-state index in [-0.39, 0.29) is 12.0 Å². The maximum absolute atomic E-state index is 12.3. The molecule has 1 aromatic carbocycles. The summed E-state index contributed by atoms with van der Waals surface area (Å²) in [5.41, 5.74) is 1.14. The molecule has 0 bridgehead atoms. The Morgan fingerprint density at radius 1 is 1.32 bits per heavy atom. The van der Waals surface area contributed by atoms with Crippen molar-refractivity contribution in [2.24, 2.45) is 4.99 Å². The van der Waals surface area contributed by atoms with Gasteiger partial charge in [-0.2, -0.15) is 0 Å². The first kappa shape index (κ1) is 19.2. The fourth-order valence-corrected chi connectivity index (χ4v) is 2.75. The number of hydrogen-bond acceptors (Lipinski definition) is 3. The van der Waals surface area contributed by atoms with Crippen LogP contribution in [0.15, 0.2) is 35.3 Å². The number of guanidine groups is 1. The molecule has 0 aliphatic carbocycles. The van der Waals surface area contributed by atoms with Crippen LogP contribution in [0.3, 0.4) is 0 Å². The SMILES string of the molecule is CCNC(=NCC1CCCO1)NCCC(=O)N(C)Cc1ccccc1. The van der Waals surface area contributed by atoms with Crippen LogP contribution in [0.25, 0.3) is 0 Å². The second-order valence-corrected chi connectivity index (χ2v) is 6.27. The number of nitrogens with zero attached hydrogens (tertiary/aromatic N) is 2. The molecule has 1 saturated heterocycles. The van der Waals surface area contributed by atoms with Gasteiger partial charge < -0.3 is 20.3 Å². The van der Waals surface area contributed by atoms with Crippen LogP contribution < -0.4 is 10.6 Å². The fraction of sp³-hybridized carbons (Fsp3) is 0.579. The molecular formula is C19H30N4O2. The number of carbonyl (C=O) groups excluding carboxylic acids is 1. The molecule has 1 aliphatic heterocycles. The first-order valence-corrected chi connectivity index (χ1v) is 9.10. The first-order chi connectivity index (χ1) is 12.2. The molecule has 1 fully saturated rings. The van der Waals surface area contributed by atoms with Gasteiger partial charge in [-0.25, -0.2) is 0 Å². The lowest BCUT2D eigenvalue weighted by Gasteiger charge is -2.18. The number of rotatable bonds is 8. The Morgan fingerprint density at radius 3 is 2.80 bits per heavy atom. The highest BCUT2D eigenvalue weighted by Gasteiger charge is 2.15. The van der Waals surface area contributed by atoms with E-state index in [2.05, 4.69) is 15.6 Å². The zero-order valence-corrected chi connectivity index (χ0v) is 15.3. The molecule has 1 heterocycles. The van der Waals surface area contributed by atoms with Gasteiger partial charge in [-0.3, -0.25) is 9.79 Å². The van der Waals surface area contributed by atoms with E-state index in [4.69, 9.17) is 4.74 Å². The molecule has 0 spiro atoms. The van der Waals surface area contributed by atoms with E-state index >= 15 is 0 Å². The highest BCUT2D eigenvalue weighted by molar-refractivity contribution is 5.81. The third kappa shape index (κ3) is 7.13. The topological polar surface area (TPSA) is 66.0 Å². The minimum absolute atomic E-state index is 0.117. The Morgan fingerprint density at radius 2 is 2.12 bits per heavy atom. The molecular weight excluding hydrogens is 316 g/mol. The zero-order chi connectivity index (χ0) is 17.9. The summed E-state index contributed by atoms with van der Waals surface area (Å²) < 4.78 is 5.59.